The van der Waals surface area contributed by atoms with E-state index in [0.29, 0.717) is 17.0 Å². The van der Waals surface area contributed by atoms with Gasteiger partial charge in [-0.05, 0) is 65.8 Å². The van der Waals surface area contributed by atoms with Crippen LogP contribution < -0.4 is 4.74 Å². The molecule has 2 aromatic carbocycles. The number of rotatable bonds is 8. The smallest absolute Gasteiger partial charge is 0.426 e. The largest absolute Gasteiger partial charge is 0.507 e. The molecule has 2 nitrogen and oxygen atoms in total. The Balaban J connectivity index is 1.75. The number of thioether (sulfide) groups is 1. The molecule has 0 aliphatic carbocycles. The van der Waals surface area contributed by atoms with Crippen molar-refractivity contribution in [1.29, 1.82) is 0 Å². The normalized spacial score (nSPS) is 19.4. The van der Waals surface area contributed by atoms with E-state index in [-0.39, 0.29) is 17.1 Å². The van der Waals surface area contributed by atoms with E-state index in [1.807, 2.05) is 65.4 Å². The first-order valence-electron chi connectivity index (χ1n) is 13.4. The summed E-state index contributed by atoms with van der Waals surface area (Å²) in [6.07, 6.45) is 3.99. The molecular formula is C31H44F2O2S. The summed E-state index contributed by atoms with van der Waals surface area (Å²) in [7, 11) is 0. The zero-order valence-electron chi connectivity index (χ0n) is 23.1. The van der Waals surface area contributed by atoms with Crippen LogP contribution in [-0.2, 0) is 16.9 Å². The summed E-state index contributed by atoms with van der Waals surface area (Å²) in [5.41, 5.74) is 1.32. The van der Waals surface area contributed by atoms with E-state index in [0.717, 1.165) is 23.0 Å². The molecule has 36 heavy (non-hydrogen) atoms. The number of ether oxygens (including phenoxy) is 1. The number of unbranched alkanes of at least 4 members (excludes halogenated alkanes) is 2. The van der Waals surface area contributed by atoms with Crippen LogP contribution in [0.25, 0.3) is 0 Å². The van der Waals surface area contributed by atoms with Gasteiger partial charge in [0.2, 0.25) is 0 Å². The van der Waals surface area contributed by atoms with Crippen molar-refractivity contribution < 1.29 is 18.6 Å². The molecule has 0 saturated carbocycles. The Morgan fingerprint density at radius 2 is 1.50 bits per heavy atom. The van der Waals surface area contributed by atoms with Gasteiger partial charge in [-0.1, -0.05) is 79.9 Å². The zero-order chi connectivity index (χ0) is 26.7. The molecular weight excluding hydrogens is 474 g/mol. The molecule has 0 bridgehead atoms. The van der Waals surface area contributed by atoms with Gasteiger partial charge in [-0.3, -0.25) is 0 Å². The first kappa shape index (κ1) is 28.8. The highest BCUT2D eigenvalue weighted by molar-refractivity contribution is 8.00. The topological polar surface area (TPSA) is 29.5 Å². The summed E-state index contributed by atoms with van der Waals surface area (Å²) < 4.78 is 35.9. The maximum absolute atomic E-state index is 15.3. The van der Waals surface area contributed by atoms with Crippen LogP contribution in [0.2, 0.25) is 0 Å². The first-order chi connectivity index (χ1) is 16.7. The summed E-state index contributed by atoms with van der Waals surface area (Å²) in [5, 5.41) is 11.6. The maximum atomic E-state index is 15.3. The van der Waals surface area contributed by atoms with Gasteiger partial charge < -0.3 is 9.84 Å². The minimum absolute atomic E-state index is 0.0644. The van der Waals surface area contributed by atoms with Gasteiger partial charge >= 0.3 is 6.11 Å². The predicted molar refractivity (Wildman–Crippen MR) is 149 cm³/mol. The summed E-state index contributed by atoms with van der Waals surface area (Å²) >= 11 is 2.04. The van der Waals surface area contributed by atoms with Gasteiger partial charge in [0.25, 0.3) is 0 Å². The van der Waals surface area contributed by atoms with Gasteiger partial charge in [-0.15, -0.1) is 0 Å². The zero-order valence-corrected chi connectivity index (χ0v) is 23.9. The molecule has 3 rings (SSSR count). The lowest BCUT2D eigenvalue weighted by Crippen LogP contribution is -2.24. The highest BCUT2D eigenvalue weighted by Gasteiger charge is 2.36. The van der Waals surface area contributed by atoms with Crippen molar-refractivity contribution in [3.63, 3.8) is 0 Å². The highest BCUT2D eigenvalue weighted by Crippen LogP contribution is 2.44. The number of benzene rings is 2. The molecule has 1 N–H and O–H groups in total. The standard InChI is InChI=1S/C31H44F2O2S/c1-8-9-10-11-25-17-14-22(20-36-25)21-12-15-23(16-13-21)31(32,33)35-24-18-26(29(2,3)4)28(34)27(19-24)30(5,6)7/h12-13,15-16,18-19,22,25,34H,8-11,14,17,20H2,1-7H3. The van der Waals surface area contributed by atoms with Crippen LogP contribution in [0.15, 0.2) is 36.4 Å². The van der Waals surface area contributed by atoms with Crippen molar-refractivity contribution in [1.82, 2.24) is 0 Å². The Morgan fingerprint density at radius 3 is 1.97 bits per heavy atom. The van der Waals surface area contributed by atoms with Crippen LogP contribution in [0.5, 0.6) is 11.5 Å². The fourth-order valence-corrected chi connectivity index (χ4v) is 6.38. The number of aromatic hydroxyl groups is 1. The third kappa shape index (κ3) is 7.18. The number of hydrogen-bond donors (Lipinski definition) is 1. The van der Waals surface area contributed by atoms with Crippen molar-refractivity contribution in [3.05, 3.63) is 58.7 Å². The first-order valence-corrected chi connectivity index (χ1v) is 14.4. The van der Waals surface area contributed by atoms with E-state index in [2.05, 4.69) is 6.92 Å². The molecule has 5 heteroatoms. The lowest BCUT2D eigenvalue weighted by molar-refractivity contribution is -0.185. The molecule has 1 aliphatic rings. The van der Waals surface area contributed by atoms with Crippen molar-refractivity contribution in [2.75, 3.05) is 5.75 Å². The molecule has 2 atom stereocenters. The van der Waals surface area contributed by atoms with Crippen LogP contribution in [0, 0.1) is 0 Å². The van der Waals surface area contributed by atoms with E-state index >= 15 is 8.78 Å². The second kappa shape index (κ2) is 11.3. The summed E-state index contributed by atoms with van der Waals surface area (Å²) in [4.78, 5) is 0. The van der Waals surface area contributed by atoms with Crippen molar-refractivity contribution in [3.8, 4) is 11.5 Å². The average Bonchev–Trinajstić information content (AvgIpc) is 2.79. The van der Waals surface area contributed by atoms with Gasteiger partial charge in [0, 0.05) is 22.1 Å². The minimum atomic E-state index is -3.48. The molecule has 0 aromatic heterocycles. The van der Waals surface area contributed by atoms with Gasteiger partial charge in [0.05, 0.1) is 5.56 Å². The summed E-state index contributed by atoms with van der Waals surface area (Å²) in [6.45, 7) is 13.9. The molecule has 1 saturated heterocycles. The van der Waals surface area contributed by atoms with Gasteiger partial charge in [-0.25, -0.2) is 0 Å². The van der Waals surface area contributed by atoms with Crippen LogP contribution in [0.4, 0.5) is 8.78 Å². The van der Waals surface area contributed by atoms with E-state index in [1.54, 1.807) is 12.1 Å². The minimum Gasteiger partial charge on any atom is -0.507 e. The average molecular weight is 519 g/mol. The molecule has 2 aromatic rings. The van der Waals surface area contributed by atoms with Crippen LogP contribution in [0.3, 0.4) is 0 Å². The quantitative estimate of drug-likeness (QED) is 0.353. The second-order valence-corrected chi connectivity index (χ2v) is 13.7. The van der Waals surface area contributed by atoms with E-state index in [1.165, 1.54) is 44.2 Å². The Bertz CT molecular complexity index is 960. The van der Waals surface area contributed by atoms with Gasteiger partial charge in [0.15, 0.2) is 0 Å². The molecule has 1 heterocycles. The maximum Gasteiger partial charge on any atom is 0.426 e. The van der Waals surface area contributed by atoms with Crippen molar-refractivity contribution in [2.45, 2.75) is 115 Å². The number of phenols is 1. The molecule has 200 valence electrons. The molecule has 2 unspecified atom stereocenters. The van der Waals surface area contributed by atoms with Crippen LogP contribution >= 0.6 is 11.8 Å². The van der Waals surface area contributed by atoms with Crippen molar-refractivity contribution in [2.24, 2.45) is 0 Å². The Hall–Kier alpha value is -1.75. The predicted octanol–water partition coefficient (Wildman–Crippen LogP) is 9.67. The van der Waals surface area contributed by atoms with Crippen molar-refractivity contribution >= 4 is 11.8 Å². The summed E-state index contributed by atoms with van der Waals surface area (Å²) in [6, 6.07) is 9.78. The van der Waals surface area contributed by atoms with E-state index < -0.39 is 16.9 Å². The fraction of sp³-hybridized carbons (Fsp3) is 0.613. The third-order valence-corrected chi connectivity index (χ3v) is 8.70. The monoisotopic (exact) mass is 518 g/mol. The molecule has 0 spiro atoms. The third-order valence-electron chi connectivity index (χ3n) is 7.16. The van der Waals surface area contributed by atoms with E-state index in [4.69, 9.17) is 4.74 Å². The van der Waals surface area contributed by atoms with Crippen LogP contribution in [-0.4, -0.2) is 16.1 Å². The Labute approximate surface area is 221 Å². The SMILES string of the molecule is CCCCCC1CCC(c2ccc(C(F)(F)Oc3cc(C(C)(C)C)c(O)c(C(C)(C)C)c3)cc2)CS1. The number of phenolic OH excluding ortho intramolecular Hbond substituents is 1. The molecule has 1 fully saturated rings. The lowest BCUT2D eigenvalue weighted by Gasteiger charge is -2.29. The van der Waals surface area contributed by atoms with Crippen LogP contribution in [0.1, 0.15) is 115 Å². The molecule has 0 radical (unpaired) electrons. The molecule has 1 aliphatic heterocycles. The fourth-order valence-electron chi connectivity index (χ4n) is 4.89. The lowest BCUT2D eigenvalue weighted by atomic mass is 9.79. The Morgan fingerprint density at radius 1 is 0.917 bits per heavy atom. The number of halogens is 2. The summed E-state index contributed by atoms with van der Waals surface area (Å²) in [5.74, 6) is 1.69. The molecule has 0 amide bonds. The number of hydrogen-bond acceptors (Lipinski definition) is 3. The van der Waals surface area contributed by atoms with E-state index in [9.17, 15) is 5.11 Å². The van der Waals surface area contributed by atoms with Gasteiger partial charge in [-0.2, -0.15) is 20.5 Å². The van der Waals surface area contributed by atoms with Gasteiger partial charge in [0.1, 0.15) is 11.5 Å². The highest BCUT2D eigenvalue weighted by atomic mass is 32.2. The Kier molecular flexibility index (Phi) is 9.07. The number of alkyl halides is 2. The second-order valence-electron chi connectivity index (χ2n) is 12.3.